The van der Waals surface area contributed by atoms with Gasteiger partial charge in [-0.2, -0.15) is 5.10 Å². The summed E-state index contributed by atoms with van der Waals surface area (Å²) in [5, 5.41) is 3.96. The van der Waals surface area contributed by atoms with Crippen LogP contribution in [-0.2, 0) is 4.79 Å². The molecule has 3 aromatic carbocycles. The summed E-state index contributed by atoms with van der Waals surface area (Å²) in [7, 11) is 0. The molecule has 0 saturated carbocycles. The second-order valence-corrected chi connectivity index (χ2v) is 8.18. The Morgan fingerprint density at radius 1 is 0.943 bits per heavy atom. The van der Waals surface area contributed by atoms with Crippen molar-refractivity contribution in [2.45, 2.75) is 33.6 Å². The number of benzene rings is 3. The molecule has 1 N–H and O–H groups in total. The summed E-state index contributed by atoms with van der Waals surface area (Å²) >= 11 is 0. The van der Waals surface area contributed by atoms with E-state index in [-0.39, 0.29) is 12.5 Å². The van der Waals surface area contributed by atoms with E-state index in [0.717, 1.165) is 16.7 Å². The largest absolute Gasteiger partial charge is 0.494 e. The van der Waals surface area contributed by atoms with Crippen molar-refractivity contribution in [1.29, 1.82) is 0 Å². The number of nitrogens with one attached hydrogen (secondary N) is 1. The Morgan fingerprint density at radius 2 is 1.63 bits per heavy atom. The molecule has 0 atom stereocenters. The SMILES string of the molecule is CCOc1ccc(C(=O)Oc2ccc(/C=N\NC(=O)COc3cc(C(C)C)ccc3C)cc2)cc1. The number of ether oxygens (including phenoxy) is 3. The molecule has 0 aliphatic rings. The average molecular weight is 475 g/mol. The van der Waals surface area contributed by atoms with Gasteiger partial charge in [0.05, 0.1) is 18.4 Å². The Bertz CT molecular complexity index is 1170. The van der Waals surface area contributed by atoms with E-state index < -0.39 is 5.97 Å². The Balaban J connectivity index is 1.47. The highest BCUT2D eigenvalue weighted by molar-refractivity contribution is 5.91. The zero-order valence-corrected chi connectivity index (χ0v) is 20.4. The molecule has 0 aliphatic carbocycles. The van der Waals surface area contributed by atoms with Gasteiger partial charge in [0.2, 0.25) is 0 Å². The highest BCUT2D eigenvalue weighted by Crippen LogP contribution is 2.24. The van der Waals surface area contributed by atoms with Crippen LogP contribution in [0, 0.1) is 6.92 Å². The minimum absolute atomic E-state index is 0.139. The van der Waals surface area contributed by atoms with Crippen LogP contribution in [0.2, 0.25) is 0 Å². The minimum atomic E-state index is -0.462. The number of aryl methyl sites for hydroxylation is 1. The molecule has 0 radical (unpaired) electrons. The van der Waals surface area contributed by atoms with E-state index >= 15 is 0 Å². The molecule has 182 valence electrons. The molecule has 0 aliphatic heterocycles. The highest BCUT2D eigenvalue weighted by Gasteiger charge is 2.09. The average Bonchev–Trinajstić information content (AvgIpc) is 2.85. The molecule has 0 bridgehead atoms. The van der Waals surface area contributed by atoms with E-state index in [9.17, 15) is 9.59 Å². The van der Waals surface area contributed by atoms with Gasteiger partial charge in [0.25, 0.3) is 5.91 Å². The van der Waals surface area contributed by atoms with Crippen LogP contribution in [0.25, 0.3) is 0 Å². The van der Waals surface area contributed by atoms with Gasteiger partial charge in [0.15, 0.2) is 6.61 Å². The van der Waals surface area contributed by atoms with Gasteiger partial charge in [0.1, 0.15) is 17.2 Å². The van der Waals surface area contributed by atoms with Crippen LogP contribution in [0.15, 0.2) is 71.8 Å². The Hall–Kier alpha value is -4.13. The molecule has 3 rings (SSSR count). The van der Waals surface area contributed by atoms with Crippen molar-refractivity contribution in [3.05, 3.63) is 89.0 Å². The van der Waals surface area contributed by atoms with E-state index in [1.165, 1.54) is 6.21 Å². The standard InChI is InChI=1S/C28H30N2O5/c1-5-33-24-14-10-22(11-15-24)28(32)35-25-12-7-21(8-13-25)17-29-30-27(31)18-34-26-16-23(19(2)3)9-6-20(26)4/h6-17,19H,5,18H2,1-4H3,(H,30,31)/b29-17-. The van der Waals surface area contributed by atoms with Crippen LogP contribution in [-0.4, -0.2) is 31.3 Å². The number of carbonyl (C=O) groups excluding carboxylic acids is 2. The normalized spacial score (nSPS) is 10.9. The number of carbonyl (C=O) groups is 2. The quantitative estimate of drug-likeness (QED) is 0.187. The lowest BCUT2D eigenvalue weighted by atomic mass is 10.0. The Morgan fingerprint density at radius 3 is 2.29 bits per heavy atom. The minimum Gasteiger partial charge on any atom is -0.494 e. The Kier molecular flexibility index (Phi) is 9.01. The van der Waals surface area contributed by atoms with Gasteiger partial charge in [0, 0.05) is 0 Å². The van der Waals surface area contributed by atoms with Crippen molar-refractivity contribution in [2.75, 3.05) is 13.2 Å². The predicted octanol–water partition coefficient (Wildman–Crippen LogP) is 5.27. The molecule has 3 aromatic rings. The first-order valence-corrected chi connectivity index (χ1v) is 11.5. The lowest BCUT2D eigenvalue weighted by Crippen LogP contribution is -2.24. The summed E-state index contributed by atoms with van der Waals surface area (Å²) in [5.74, 6) is 1.33. The van der Waals surface area contributed by atoms with Gasteiger partial charge >= 0.3 is 5.97 Å². The maximum Gasteiger partial charge on any atom is 0.343 e. The fraction of sp³-hybridized carbons (Fsp3) is 0.250. The number of amides is 1. The van der Waals surface area contributed by atoms with E-state index in [4.69, 9.17) is 14.2 Å². The third kappa shape index (κ3) is 7.71. The fourth-order valence-electron chi connectivity index (χ4n) is 3.13. The summed E-state index contributed by atoms with van der Waals surface area (Å²) < 4.78 is 16.4. The number of hydrogen-bond acceptors (Lipinski definition) is 6. The van der Waals surface area contributed by atoms with E-state index in [2.05, 4.69) is 30.4 Å². The third-order valence-electron chi connectivity index (χ3n) is 5.13. The monoisotopic (exact) mass is 474 g/mol. The second-order valence-electron chi connectivity index (χ2n) is 8.18. The number of nitrogens with zero attached hydrogens (tertiary/aromatic N) is 1. The first kappa shape index (κ1) is 25.5. The van der Waals surface area contributed by atoms with Gasteiger partial charge in [-0.1, -0.05) is 26.0 Å². The van der Waals surface area contributed by atoms with E-state index in [1.54, 1.807) is 48.5 Å². The van der Waals surface area contributed by atoms with Crippen molar-refractivity contribution >= 4 is 18.1 Å². The van der Waals surface area contributed by atoms with Gasteiger partial charge in [-0.15, -0.1) is 0 Å². The zero-order valence-electron chi connectivity index (χ0n) is 20.4. The van der Waals surface area contributed by atoms with Crippen molar-refractivity contribution < 1.29 is 23.8 Å². The maximum absolute atomic E-state index is 12.3. The molecule has 35 heavy (non-hydrogen) atoms. The van der Waals surface area contributed by atoms with Crippen molar-refractivity contribution in [3.8, 4) is 17.2 Å². The van der Waals surface area contributed by atoms with Crippen LogP contribution in [0.3, 0.4) is 0 Å². The maximum atomic E-state index is 12.3. The highest BCUT2D eigenvalue weighted by atomic mass is 16.5. The van der Waals surface area contributed by atoms with E-state index in [0.29, 0.717) is 35.3 Å². The summed E-state index contributed by atoms with van der Waals surface area (Å²) in [5.41, 5.74) is 5.72. The first-order chi connectivity index (χ1) is 16.9. The molecule has 7 nitrogen and oxygen atoms in total. The predicted molar refractivity (Wildman–Crippen MR) is 136 cm³/mol. The topological polar surface area (TPSA) is 86.2 Å². The summed E-state index contributed by atoms with van der Waals surface area (Å²) in [6, 6.07) is 19.5. The van der Waals surface area contributed by atoms with Crippen LogP contribution < -0.4 is 19.6 Å². The van der Waals surface area contributed by atoms with Crippen LogP contribution >= 0.6 is 0 Å². The van der Waals surface area contributed by atoms with Crippen LogP contribution in [0.5, 0.6) is 17.2 Å². The summed E-state index contributed by atoms with van der Waals surface area (Å²) in [6.45, 7) is 8.47. The van der Waals surface area contributed by atoms with Crippen molar-refractivity contribution in [1.82, 2.24) is 5.43 Å². The van der Waals surface area contributed by atoms with Gasteiger partial charge < -0.3 is 14.2 Å². The fourth-order valence-corrected chi connectivity index (χ4v) is 3.13. The van der Waals surface area contributed by atoms with Gasteiger partial charge in [-0.3, -0.25) is 4.79 Å². The van der Waals surface area contributed by atoms with Gasteiger partial charge in [-0.25, -0.2) is 10.2 Å². The third-order valence-corrected chi connectivity index (χ3v) is 5.13. The molecule has 7 heteroatoms. The number of hydrazone groups is 1. The van der Waals surface area contributed by atoms with E-state index in [1.807, 2.05) is 26.0 Å². The molecule has 1 amide bonds. The van der Waals surface area contributed by atoms with Crippen LogP contribution in [0.1, 0.15) is 53.7 Å². The lowest BCUT2D eigenvalue weighted by Gasteiger charge is -2.12. The lowest BCUT2D eigenvalue weighted by molar-refractivity contribution is -0.123. The molecule has 0 unspecified atom stereocenters. The Labute approximate surface area is 205 Å². The molecular formula is C28H30N2O5. The zero-order chi connectivity index (χ0) is 25.2. The first-order valence-electron chi connectivity index (χ1n) is 11.5. The van der Waals surface area contributed by atoms with Crippen molar-refractivity contribution in [2.24, 2.45) is 5.10 Å². The molecule has 0 spiro atoms. The van der Waals surface area contributed by atoms with Gasteiger partial charge in [-0.05, 0) is 91.1 Å². The molecule has 0 heterocycles. The summed E-state index contributed by atoms with van der Waals surface area (Å²) in [4.78, 5) is 24.4. The number of hydrogen-bond donors (Lipinski definition) is 1. The second kappa shape index (κ2) is 12.4. The number of rotatable bonds is 10. The smallest absolute Gasteiger partial charge is 0.343 e. The molecule has 0 fully saturated rings. The van der Waals surface area contributed by atoms with Crippen LogP contribution in [0.4, 0.5) is 0 Å². The molecule has 0 aromatic heterocycles. The molecule has 0 saturated heterocycles. The van der Waals surface area contributed by atoms with Crippen molar-refractivity contribution in [3.63, 3.8) is 0 Å². The summed E-state index contributed by atoms with van der Waals surface area (Å²) in [6.07, 6.45) is 1.50. The number of esters is 1. The molecular weight excluding hydrogens is 444 g/mol.